The van der Waals surface area contributed by atoms with Crippen LogP contribution in [-0.4, -0.2) is 58.1 Å². The molecular formula is C25H33N4O6P. The summed E-state index contributed by atoms with van der Waals surface area (Å²) in [5, 5.41) is 2.53. The van der Waals surface area contributed by atoms with Gasteiger partial charge in [0, 0.05) is 26.8 Å². The quantitative estimate of drug-likeness (QED) is 0.558. The molecule has 3 saturated heterocycles. The number of amides is 1. The Labute approximate surface area is 211 Å². The minimum absolute atomic E-state index is 0.193. The van der Waals surface area contributed by atoms with Gasteiger partial charge < -0.3 is 23.8 Å². The number of methoxy groups -OCH3 is 1. The Morgan fingerprint density at radius 1 is 1.28 bits per heavy atom. The van der Waals surface area contributed by atoms with Crippen molar-refractivity contribution >= 4 is 20.3 Å². The van der Waals surface area contributed by atoms with E-state index in [0.29, 0.717) is 6.42 Å². The number of ether oxygens (including phenoxy) is 2. The predicted molar refractivity (Wildman–Crippen MR) is 134 cm³/mol. The minimum atomic E-state index is -1.36. The normalized spacial score (nSPS) is 34.1. The smallest absolute Gasteiger partial charge is 0.351 e. The molecule has 1 amide bonds. The summed E-state index contributed by atoms with van der Waals surface area (Å²) in [5.74, 6) is -0.105. The Balaban J connectivity index is 1.40. The molecule has 0 saturated carbocycles. The fraction of sp³-hybridized carbons (Fsp3) is 0.560. The highest BCUT2D eigenvalue weighted by atomic mass is 31.2. The van der Waals surface area contributed by atoms with Crippen molar-refractivity contribution in [3.8, 4) is 0 Å². The first-order valence-corrected chi connectivity index (χ1v) is 13.5. The number of hydrogen-bond acceptors (Lipinski definition) is 8. The number of anilines is 1. The summed E-state index contributed by atoms with van der Waals surface area (Å²) in [5.41, 5.74) is 0.138. The second-order valence-electron chi connectivity index (χ2n) is 9.55. The molecule has 194 valence electrons. The Morgan fingerprint density at radius 2 is 2.06 bits per heavy atom. The van der Waals surface area contributed by atoms with Gasteiger partial charge in [0.25, 0.3) is 8.53 Å². The van der Waals surface area contributed by atoms with E-state index in [1.807, 2.05) is 25.1 Å². The lowest BCUT2D eigenvalue weighted by Crippen LogP contribution is -2.38. The van der Waals surface area contributed by atoms with Crippen molar-refractivity contribution in [2.45, 2.75) is 76.2 Å². The molecule has 4 heterocycles. The van der Waals surface area contributed by atoms with E-state index in [9.17, 15) is 9.59 Å². The molecule has 1 N–H and O–H groups in total. The summed E-state index contributed by atoms with van der Waals surface area (Å²) in [6.45, 7) is 6.45. The molecule has 3 aliphatic heterocycles. The third-order valence-corrected chi connectivity index (χ3v) is 9.12. The first kappa shape index (κ1) is 25.4. The second kappa shape index (κ2) is 10.3. The molecule has 36 heavy (non-hydrogen) atoms. The number of hydrogen-bond donors (Lipinski definition) is 1. The van der Waals surface area contributed by atoms with Crippen molar-refractivity contribution in [3.63, 3.8) is 0 Å². The molecule has 0 aliphatic carbocycles. The molecular weight excluding hydrogens is 483 g/mol. The zero-order valence-corrected chi connectivity index (χ0v) is 21.9. The van der Waals surface area contributed by atoms with E-state index in [4.69, 9.17) is 18.5 Å². The van der Waals surface area contributed by atoms with Crippen LogP contribution in [0.2, 0.25) is 0 Å². The van der Waals surface area contributed by atoms with Gasteiger partial charge in [-0.25, -0.2) is 9.46 Å². The Hall–Kier alpha value is -2.20. The lowest BCUT2D eigenvalue weighted by atomic mass is 9.87. The number of carbonyl (C=O) groups excluding carboxylic acids is 1. The molecule has 10 nitrogen and oxygen atoms in total. The molecule has 1 aromatic carbocycles. The minimum Gasteiger partial charge on any atom is -0.374 e. The van der Waals surface area contributed by atoms with Gasteiger partial charge in [-0.2, -0.15) is 4.98 Å². The average Bonchev–Trinajstić information content (AvgIpc) is 3.55. The van der Waals surface area contributed by atoms with Crippen molar-refractivity contribution < 1.29 is 23.3 Å². The topological polar surface area (TPSA) is 104 Å². The Kier molecular flexibility index (Phi) is 7.27. The molecule has 0 spiro atoms. The van der Waals surface area contributed by atoms with Gasteiger partial charge in [0.15, 0.2) is 6.23 Å². The van der Waals surface area contributed by atoms with Crippen LogP contribution in [0.1, 0.15) is 51.8 Å². The number of carbonyl (C=O) groups is 1. The molecule has 2 aromatic rings. The molecule has 3 fully saturated rings. The maximum Gasteiger partial charge on any atom is 0.351 e. The van der Waals surface area contributed by atoms with Crippen molar-refractivity contribution in [3.05, 3.63) is 58.6 Å². The van der Waals surface area contributed by atoms with Gasteiger partial charge in [-0.1, -0.05) is 37.3 Å². The number of nitrogens with one attached hydrogen (secondary N) is 1. The SMILES string of the molecule is CC[C@H]1O[C@@H](n2ccc(NC(C)=O)nc2=O)[C@@H](OC)C1O[P@]1O[C@@](C)(c2ccccc2)[C@H]2CCCN21. The van der Waals surface area contributed by atoms with Crippen molar-refractivity contribution in [1.29, 1.82) is 0 Å². The van der Waals surface area contributed by atoms with E-state index in [1.54, 1.807) is 19.4 Å². The van der Waals surface area contributed by atoms with Gasteiger partial charge in [0.2, 0.25) is 5.91 Å². The molecule has 0 bridgehead atoms. The molecule has 1 aromatic heterocycles. The summed E-state index contributed by atoms with van der Waals surface area (Å²) in [7, 11) is 0.232. The number of aromatic nitrogens is 2. The van der Waals surface area contributed by atoms with Crippen LogP contribution in [0.3, 0.4) is 0 Å². The fourth-order valence-electron chi connectivity index (χ4n) is 5.48. The molecule has 5 rings (SSSR count). The highest BCUT2D eigenvalue weighted by Crippen LogP contribution is 2.64. The van der Waals surface area contributed by atoms with Crippen LogP contribution in [-0.2, 0) is 28.9 Å². The van der Waals surface area contributed by atoms with E-state index in [0.717, 1.165) is 24.9 Å². The Bertz CT molecular complexity index is 1150. The van der Waals surface area contributed by atoms with Crippen LogP contribution in [0.5, 0.6) is 0 Å². The summed E-state index contributed by atoms with van der Waals surface area (Å²) in [6, 6.07) is 12.1. The van der Waals surface area contributed by atoms with Crippen LogP contribution in [0.25, 0.3) is 0 Å². The third-order valence-electron chi connectivity index (χ3n) is 7.27. The van der Waals surface area contributed by atoms with Crippen LogP contribution in [0, 0.1) is 0 Å². The van der Waals surface area contributed by atoms with E-state index in [1.165, 1.54) is 11.5 Å². The van der Waals surface area contributed by atoms with Crippen molar-refractivity contribution in [1.82, 2.24) is 14.2 Å². The Morgan fingerprint density at radius 3 is 2.72 bits per heavy atom. The van der Waals surface area contributed by atoms with Gasteiger partial charge in [-0.3, -0.25) is 9.36 Å². The zero-order valence-electron chi connectivity index (χ0n) is 21.0. The third kappa shape index (κ3) is 4.51. The van der Waals surface area contributed by atoms with Crippen LogP contribution < -0.4 is 11.0 Å². The van der Waals surface area contributed by atoms with Gasteiger partial charge in [0.1, 0.15) is 23.6 Å². The number of benzene rings is 1. The van der Waals surface area contributed by atoms with E-state index >= 15 is 0 Å². The highest BCUT2D eigenvalue weighted by molar-refractivity contribution is 7.45. The van der Waals surface area contributed by atoms with Gasteiger partial charge in [-0.05, 0) is 37.8 Å². The summed E-state index contributed by atoms with van der Waals surface area (Å²) >= 11 is 0. The van der Waals surface area contributed by atoms with Crippen molar-refractivity contribution in [2.75, 3.05) is 19.0 Å². The fourth-order valence-corrected chi connectivity index (χ4v) is 7.63. The van der Waals surface area contributed by atoms with E-state index in [-0.39, 0.29) is 23.9 Å². The average molecular weight is 517 g/mol. The lowest BCUT2D eigenvalue weighted by Gasteiger charge is -2.29. The zero-order chi connectivity index (χ0) is 25.4. The largest absolute Gasteiger partial charge is 0.374 e. The first-order valence-electron chi connectivity index (χ1n) is 12.4. The molecule has 11 heteroatoms. The first-order chi connectivity index (χ1) is 17.4. The van der Waals surface area contributed by atoms with E-state index < -0.39 is 38.3 Å². The summed E-state index contributed by atoms with van der Waals surface area (Å²) in [4.78, 5) is 28.1. The number of rotatable bonds is 7. The van der Waals surface area contributed by atoms with Gasteiger partial charge in [0.05, 0.1) is 12.1 Å². The highest BCUT2D eigenvalue weighted by Gasteiger charge is 2.57. The predicted octanol–water partition coefficient (Wildman–Crippen LogP) is 3.55. The van der Waals surface area contributed by atoms with Crippen LogP contribution >= 0.6 is 8.53 Å². The second-order valence-corrected chi connectivity index (χ2v) is 10.9. The monoisotopic (exact) mass is 516 g/mol. The molecule has 1 unspecified atom stereocenters. The van der Waals surface area contributed by atoms with Crippen LogP contribution in [0.4, 0.5) is 5.82 Å². The lowest BCUT2D eigenvalue weighted by molar-refractivity contribution is -0.114. The van der Waals surface area contributed by atoms with Crippen molar-refractivity contribution in [2.24, 2.45) is 0 Å². The molecule has 7 atom stereocenters. The number of nitrogens with zero attached hydrogens (tertiary/aromatic N) is 3. The molecule has 3 aliphatic rings. The standard InChI is InChI=1S/C25H33N4O6P/c1-5-18-21(22(32-4)23(33-18)28-15-13-20(26-16(2)30)27-24(28)31)34-36-29-14-9-12-19(29)25(3,35-36)17-10-7-6-8-11-17/h6-8,10-11,13,15,18-19,21-23H,5,9,12,14H2,1-4H3,(H,26,27,30,31)/t18-,19-,21?,22+,23-,25+,36-/m1/s1. The summed E-state index contributed by atoms with van der Waals surface area (Å²) < 4.78 is 29.3. The van der Waals surface area contributed by atoms with E-state index in [2.05, 4.69) is 34.0 Å². The van der Waals surface area contributed by atoms with Crippen LogP contribution in [0.15, 0.2) is 47.4 Å². The number of fused-ring (bicyclic) bond motifs is 1. The van der Waals surface area contributed by atoms with Gasteiger partial charge >= 0.3 is 5.69 Å². The summed E-state index contributed by atoms with van der Waals surface area (Å²) in [6.07, 6.45) is 2.39. The molecule has 0 radical (unpaired) electrons. The van der Waals surface area contributed by atoms with Gasteiger partial charge in [-0.15, -0.1) is 0 Å². The maximum absolute atomic E-state index is 12.8. The maximum atomic E-state index is 12.8.